The first kappa shape index (κ1) is 21.5. The Morgan fingerprint density at radius 1 is 1.28 bits per heavy atom. The number of nitrogens with zero attached hydrogens (tertiary/aromatic N) is 1. The third kappa shape index (κ3) is 5.88. The van der Waals surface area contributed by atoms with Gasteiger partial charge in [-0.15, -0.1) is 0 Å². The van der Waals surface area contributed by atoms with Crippen molar-refractivity contribution in [1.29, 1.82) is 0 Å². The van der Waals surface area contributed by atoms with Crippen LogP contribution in [0.4, 0.5) is 0 Å². The number of carboxylic acid groups (broad SMARTS) is 1. The van der Waals surface area contributed by atoms with Crippen molar-refractivity contribution in [2.45, 2.75) is 64.4 Å². The Hall–Kier alpha value is -2.22. The monoisotopic (exact) mass is 403 g/mol. The smallest absolute Gasteiger partial charge is 0.335 e. The van der Waals surface area contributed by atoms with Gasteiger partial charge in [-0.1, -0.05) is 17.7 Å². The molecule has 1 fully saturated rings. The van der Waals surface area contributed by atoms with Gasteiger partial charge < -0.3 is 23.7 Å². The summed E-state index contributed by atoms with van der Waals surface area (Å²) in [5.74, 6) is 0.352. The number of aliphatic carboxylic acids is 1. The number of hydrogen-bond acceptors (Lipinski definition) is 6. The van der Waals surface area contributed by atoms with Gasteiger partial charge in [-0.3, -0.25) is 0 Å². The summed E-state index contributed by atoms with van der Waals surface area (Å²) in [5, 5.41) is 9.04. The highest BCUT2D eigenvalue weighted by Gasteiger charge is 2.26. The van der Waals surface area contributed by atoms with E-state index in [1.165, 1.54) is 7.11 Å². The molecule has 0 radical (unpaired) electrons. The number of aryl methyl sites for hydroxylation is 2. The van der Waals surface area contributed by atoms with E-state index < -0.39 is 12.1 Å². The average molecular weight is 403 g/mol. The van der Waals surface area contributed by atoms with Crippen LogP contribution in [-0.2, 0) is 25.6 Å². The third-order valence-electron chi connectivity index (χ3n) is 5.23. The van der Waals surface area contributed by atoms with Gasteiger partial charge >= 0.3 is 5.97 Å². The van der Waals surface area contributed by atoms with E-state index in [9.17, 15) is 4.79 Å². The molecular formula is C22H29NO6. The Bertz CT molecular complexity index is 817. The number of oxazole rings is 1. The predicted molar refractivity (Wildman–Crippen MR) is 107 cm³/mol. The first-order valence-corrected chi connectivity index (χ1v) is 9.98. The Morgan fingerprint density at radius 2 is 2.03 bits per heavy atom. The summed E-state index contributed by atoms with van der Waals surface area (Å²) in [6.45, 7) is 4.37. The van der Waals surface area contributed by atoms with Gasteiger partial charge in [0.2, 0.25) is 5.89 Å². The molecule has 1 N–H and O–H groups in total. The number of benzene rings is 1. The Morgan fingerprint density at radius 3 is 2.72 bits per heavy atom. The number of hydrogen-bond donors (Lipinski definition) is 1. The van der Waals surface area contributed by atoms with Crippen LogP contribution in [0.5, 0.6) is 0 Å². The molecule has 0 spiro atoms. The zero-order valence-corrected chi connectivity index (χ0v) is 17.2. The maximum absolute atomic E-state index is 11.0. The highest BCUT2D eigenvalue weighted by Crippen LogP contribution is 2.27. The van der Waals surface area contributed by atoms with Gasteiger partial charge in [-0.25, -0.2) is 9.78 Å². The average Bonchev–Trinajstić information content (AvgIpc) is 3.08. The third-order valence-corrected chi connectivity index (χ3v) is 5.23. The van der Waals surface area contributed by atoms with Crippen molar-refractivity contribution in [2.24, 2.45) is 0 Å². The number of ether oxygens (including phenoxy) is 3. The van der Waals surface area contributed by atoms with Crippen LogP contribution in [0.1, 0.15) is 42.7 Å². The summed E-state index contributed by atoms with van der Waals surface area (Å²) >= 11 is 0. The number of rotatable bonds is 9. The van der Waals surface area contributed by atoms with Gasteiger partial charge in [0.1, 0.15) is 11.5 Å². The molecule has 3 rings (SSSR count). The lowest BCUT2D eigenvalue weighted by Gasteiger charge is -2.29. The molecule has 0 amide bonds. The highest BCUT2D eigenvalue weighted by molar-refractivity contribution is 5.72. The lowest BCUT2D eigenvalue weighted by Crippen LogP contribution is -2.34. The molecule has 0 bridgehead atoms. The van der Waals surface area contributed by atoms with Gasteiger partial charge in [0.05, 0.1) is 25.4 Å². The molecular weight excluding hydrogens is 374 g/mol. The predicted octanol–water partition coefficient (Wildman–Crippen LogP) is 3.90. The molecule has 1 saturated carbocycles. The first-order chi connectivity index (χ1) is 14.0. The molecule has 1 aromatic carbocycles. The number of carbonyl (C=O) groups is 1. The second-order valence-electron chi connectivity index (χ2n) is 7.51. The Kier molecular flexibility index (Phi) is 7.41. The van der Waals surface area contributed by atoms with E-state index >= 15 is 0 Å². The van der Waals surface area contributed by atoms with Crippen molar-refractivity contribution in [1.82, 2.24) is 4.98 Å². The van der Waals surface area contributed by atoms with Crippen molar-refractivity contribution in [3.63, 3.8) is 0 Å². The van der Waals surface area contributed by atoms with E-state index in [1.54, 1.807) is 0 Å². The maximum Gasteiger partial charge on any atom is 0.335 e. The van der Waals surface area contributed by atoms with E-state index in [0.717, 1.165) is 48.3 Å². The van der Waals surface area contributed by atoms with Crippen molar-refractivity contribution < 1.29 is 28.5 Å². The van der Waals surface area contributed by atoms with E-state index in [-0.39, 0.29) is 18.8 Å². The molecule has 1 aliphatic rings. The summed E-state index contributed by atoms with van der Waals surface area (Å²) in [4.78, 5) is 15.6. The molecule has 0 aliphatic heterocycles. The topological polar surface area (TPSA) is 91.0 Å². The zero-order valence-electron chi connectivity index (χ0n) is 17.2. The summed E-state index contributed by atoms with van der Waals surface area (Å²) < 4.78 is 22.6. The molecule has 1 unspecified atom stereocenters. The fourth-order valence-electron chi connectivity index (χ4n) is 3.53. The summed E-state index contributed by atoms with van der Waals surface area (Å²) in [5.41, 5.74) is 2.91. The van der Waals surface area contributed by atoms with Crippen molar-refractivity contribution in [2.75, 3.05) is 13.7 Å². The molecule has 2 aromatic rings. The van der Waals surface area contributed by atoms with E-state index in [2.05, 4.69) is 4.98 Å². The fourth-order valence-corrected chi connectivity index (χ4v) is 3.53. The zero-order chi connectivity index (χ0) is 20.8. The van der Waals surface area contributed by atoms with Crippen molar-refractivity contribution in [3.8, 4) is 11.5 Å². The van der Waals surface area contributed by atoms with E-state index in [1.807, 2.05) is 38.1 Å². The van der Waals surface area contributed by atoms with E-state index in [0.29, 0.717) is 12.5 Å². The van der Waals surface area contributed by atoms with Gasteiger partial charge in [0.15, 0.2) is 6.10 Å². The van der Waals surface area contributed by atoms with Gasteiger partial charge in [0, 0.05) is 12.7 Å². The minimum atomic E-state index is -1.01. The molecule has 7 heteroatoms. The number of carboxylic acids is 1. The quantitative estimate of drug-likeness (QED) is 0.679. The molecule has 1 aromatic heterocycles. The van der Waals surface area contributed by atoms with Crippen molar-refractivity contribution in [3.05, 3.63) is 41.3 Å². The van der Waals surface area contributed by atoms with Gasteiger partial charge in [-0.2, -0.15) is 0 Å². The SMILES string of the molecule is COC(CO[C@@H]1CCC[C@H](OCc2nc(-c3cccc(C)c3)oc2C)C1)C(=O)O. The van der Waals surface area contributed by atoms with Gasteiger partial charge in [-0.05, 0) is 51.7 Å². The van der Waals surface area contributed by atoms with Crippen LogP contribution >= 0.6 is 0 Å². The Labute approximate surface area is 171 Å². The molecule has 3 atom stereocenters. The lowest BCUT2D eigenvalue weighted by atomic mass is 9.95. The van der Waals surface area contributed by atoms with Crippen LogP contribution in [-0.4, -0.2) is 48.1 Å². The first-order valence-electron chi connectivity index (χ1n) is 9.98. The van der Waals surface area contributed by atoms with Crippen LogP contribution in [0.25, 0.3) is 11.5 Å². The molecule has 0 saturated heterocycles. The minimum absolute atomic E-state index is 0.0213. The summed E-state index contributed by atoms with van der Waals surface area (Å²) in [7, 11) is 1.38. The minimum Gasteiger partial charge on any atom is -0.479 e. The Balaban J connectivity index is 1.53. The fraction of sp³-hybridized carbons (Fsp3) is 0.545. The molecule has 1 heterocycles. The van der Waals surface area contributed by atoms with Crippen molar-refractivity contribution >= 4 is 5.97 Å². The van der Waals surface area contributed by atoms with Gasteiger partial charge in [0.25, 0.3) is 0 Å². The number of aromatic nitrogens is 1. The van der Waals surface area contributed by atoms with Crippen LogP contribution in [0.2, 0.25) is 0 Å². The van der Waals surface area contributed by atoms with Crippen LogP contribution < -0.4 is 0 Å². The molecule has 7 nitrogen and oxygen atoms in total. The largest absolute Gasteiger partial charge is 0.479 e. The van der Waals surface area contributed by atoms with Crippen LogP contribution in [0.3, 0.4) is 0 Å². The number of methoxy groups -OCH3 is 1. The summed E-state index contributed by atoms with van der Waals surface area (Å²) in [6, 6.07) is 8.05. The van der Waals surface area contributed by atoms with Crippen LogP contribution in [0.15, 0.2) is 28.7 Å². The second kappa shape index (κ2) is 10.0. The molecule has 1 aliphatic carbocycles. The summed E-state index contributed by atoms with van der Waals surface area (Å²) in [6.07, 6.45) is 2.66. The van der Waals surface area contributed by atoms with E-state index in [4.69, 9.17) is 23.7 Å². The lowest BCUT2D eigenvalue weighted by molar-refractivity contribution is -0.155. The molecule has 29 heavy (non-hydrogen) atoms. The van der Waals surface area contributed by atoms with Crippen LogP contribution in [0, 0.1) is 13.8 Å². The standard InChI is InChI=1S/C22H29NO6/c1-14-6-4-7-16(10-14)21-23-19(15(2)29-21)12-27-17-8-5-9-18(11-17)28-13-20(26-3)22(24)25/h4,6-7,10,17-18,20H,5,8-9,11-13H2,1-3H3,(H,24,25)/t17-,18+,20?/m0/s1. The maximum atomic E-state index is 11.0. The second-order valence-corrected chi connectivity index (χ2v) is 7.51. The normalized spacial score (nSPS) is 20.5. The highest BCUT2D eigenvalue weighted by atomic mass is 16.5. The molecule has 158 valence electrons.